The fourth-order valence-electron chi connectivity index (χ4n) is 2.15. The SMILES string of the molecule is CC(Cl)C(=O)N1CCCOC(c2ccccc2)C1. The zero-order valence-corrected chi connectivity index (χ0v) is 11.3. The van der Waals surface area contributed by atoms with Gasteiger partial charge in [0.05, 0.1) is 6.54 Å². The first kappa shape index (κ1) is 13.4. The van der Waals surface area contributed by atoms with E-state index >= 15 is 0 Å². The van der Waals surface area contributed by atoms with E-state index in [4.69, 9.17) is 16.3 Å². The van der Waals surface area contributed by atoms with Crippen molar-refractivity contribution in [2.75, 3.05) is 19.7 Å². The fourth-order valence-corrected chi connectivity index (χ4v) is 2.28. The van der Waals surface area contributed by atoms with Crippen molar-refractivity contribution in [3.05, 3.63) is 35.9 Å². The van der Waals surface area contributed by atoms with E-state index in [1.807, 2.05) is 35.2 Å². The van der Waals surface area contributed by atoms with E-state index in [2.05, 4.69) is 0 Å². The van der Waals surface area contributed by atoms with Gasteiger partial charge in [0.25, 0.3) is 0 Å². The van der Waals surface area contributed by atoms with Gasteiger partial charge in [-0.1, -0.05) is 30.3 Å². The van der Waals surface area contributed by atoms with E-state index in [1.54, 1.807) is 6.92 Å². The van der Waals surface area contributed by atoms with Crippen LogP contribution in [0.3, 0.4) is 0 Å². The number of amides is 1. The van der Waals surface area contributed by atoms with Gasteiger partial charge in [-0.2, -0.15) is 0 Å². The van der Waals surface area contributed by atoms with E-state index in [1.165, 1.54) is 0 Å². The standard InChI is InChI=1S/C14H18ClNO2/c1-11(15)14(17)16-8-5-9-18-13(10-16)12-6-3-2-4-7-12/h2-4,6-7,11,13H,5,8-10H2,1H3. The number of carbonyl (C=O) groups is 1. The first-order valence-corrected chi connectivity index (χ1v) is 6.71. The molecular weight excluding hydrogens is 250 g/mol. The molecule has 0 radical (unpaired) electrons. The number of halogens is 1. The number of hydrogen-bond acceptors (Lipinski definition) is 2. The Hall–Kier alpha value is -1.06. The summed E-state index contributed by atoms with van der Waals surface area (Å²) in [5.74, 6) is -0.0110. The maximum Gasteiger partial charge on any atom is 0.240 e. The van der Waals surface area contributed by atoms with Gasteiger partial charge in [-0.15, -0.1) is 11.6 Å². The zero-order chi connectivity index (χ0) is 13.0. The van der Waals surface area contributed by atoms with Gasteiger partial charge >= 0.3 is 0 Å². The average Bonchev–Trinajstić information content (AvgIpc) is 2.64. The summed E-state index contributed by atoms with van der Waals surface area (Å²) in [4.78, 5) is 13.8. The third-order valence-electron chi connectivity index (χ3n) is 3.10. The Morgan fingerprint density at radius 2 is 2.17 bits per heavy atom. The van der Waals surface area contributed by atoms with Crippen molar-refractivity contribution < 1.29 is 9.53 Å². The number of ether oxygens (including phenoxy) is 1. The van der Waals surface area contributed by atoms with Gasteiger partial charge < -0.3 is 9.64 Å². The lowest BCUT2D eigenvalue weighted by molar-refractivity contribution is -0.131. The maximum absolute atomic E-state index is 12.0. The van der Waals surface area contributed by atoms with E-state index in [0.29, 0.717) is 13.2 Å². The molecule has 0 spiro atoms. The molecule has 2 rings (SSSR count). The number of benzene rings is 1. The van der Waals surface area contributed by atoms with E-state index in [0.717, 1.165) is 18.5 Å². The van der Waals surface area contributed by atoms with Crippen molar-refractivity contribution >= 4 is 17.5 Å². The Morgan fingerprint density at radius 3 is 2.83 bits per heavy atom. The largest absolute Gasteiger partial charge is 0.372 e. The molecule has 0 aromatic heterocycles. The van der Waals surface area contributed by atoms with Crippen LogP contribution in [0.1, 0.15) is 25.0 Å². The van der Waals surface area contributed by atoms with Crippen molar-refractivity contribution in [1.29, 1.82) is 0 Å². The molecule has 1 saturated heterocycles. The minimum atomic E-state index is -0.473. The number of alkyl halides is 1. The minimum absolute atomic E-state index is 0.0110. The quantitative estimate of drug-likeness (QED) is 0.771. The Balaban J connectivity index is 2.10. The highest BCUT2D eigenvalue weighted by molar-refractivity contribution is 6.30. The van der Waals surface area contributed by atoms with Crippen molar-refractivity contribution in [2.24, 2.45) is 0 Å². The monoisotopic (exact) mass is 267 g/mol. The first-order chi connectivity index (χ1) is 8.68. The molecule has 4 heteroatoms. The Kier molecular flexibility index (Phi) is 4.61. The molecule has 0 bridgehead atoms. The van der Waals surface area contributed by atoms with Gasteiger partial charge in [-0.3, -0.25) is 4.79 Å². The first-order valence-electron chi connectivity index (χ1n) is 6.28. The average molecular weight is 268 g/mol. The second-order valence-corrected chi connectivity index (χ2v) is 5.18. The summed E-state index contributed by atoms with van der Waals surface area (Å²) in [7, 11) is 0. The van der Waals surface area contributed by atoms with Crippen LogP contribution in [0.2, 0.25) is 0 Å². The smallest absolute Gasteiger partial charge is 0.240 e. The maximum atomic E-state index is 12.0. The molecule has 2 atom stereocenters. The molecule has 1 heterocycles. The molecule has 1 aliphatic rings. The van der Waals surface area contributed by atoms with Gasteiger partial charge in [0.15, 0.2) is 0 Å². The molecule has 1 aliphatic heterocycles. The Labute approximate surface area is 113 Å². The van der Waals surface area contributed by atoms with Gasteiger partial charge in [-0.25, -0.2) is 0 Å². The molecule has 2 unspecified atom stereocenters. The second-order valence-electron chi connectivity index (χ2n) is 4.52. The van der Waals surface area contributed by atoms with Crippen molar-refractivity contribution in [3.63, 3.8) is 0 Å². The van der Waals surface area contributed by atoms with Crippen LogP contribution in [-0.4, -0.2) is 35.9 Å². The van der Waals surface area contributed by atoms with Crippen LogP contribution in [0, 0.1) is 0 Å². The third kappa shape index (κ3) is 3.24. The predicted octanol–water partition coefficient (Wildman–Crippen LogP) is 2.60. The zero-order valence-electron chi connectivity index (χ0n) is 10.5. The molecule has 0 aliphatic carbocycles. The van der Waals surface area contributed by atoms with Crippen LogP contribution in [0.15, 0.2) is 30.3 Å². The summed E-state index contributed by atoms with van der Waals surface area (Å²) in [5.41, 5.74) is 1.11. The summed E-state index contributed by atoms with van der Waals surface area (Å²) < 4.78 is 5.81. The van der Waals surface area contributed by atoms with Crippen LogP contribution in [-0.2, 0) is 9.53 Å². The van der Waals surface area contributed by atoms with E-state index in [-0.39, 0.29) is 12.0 Å². The molecular formula is C14H18ClNO2. The van der Waals surface area contributed by atoms with Gasteiger partial charge in [0.2, 0.25) is 5.91 Å². The molecule has 18 heavy (non-hydrogen) atoms. The summed E-state index contributed by atoms with van der Waals surface area (Å²) in [5, 5.41) is -0.473. The summed E-state index contributed by atoms with van der Waals surface area (Å²) >= 11 is 5.88. The summed E-state index contributed by atoms with van der Waals surface area (Å²) in [6.45, 7) is 3.70. The van der Waals surface area contributed by atoms with Crippen molar-refractivity contribution in [2.45, 2.75) is 24.8 Å². The minimum Gasteiger partial charge on any atom is -0.372 e. The van der Waals surface area contributed by atoms with Crippen LogP contribution in [0.4, 0.5) is 0 Å². The molecule has 0 saturated carbocycles. The van der Waals surface area contributed by atoms with Crippen molar-refractivity contribution in [1.82, 2.24) is 4.90 Å². The van der Waals surface area contributed by atoms with Crippen molar-refractivity contribution in [3.8, 4) is 0 Å². The van der Waals surface area contributed by atoms with Crippen LogP contribution in [0.25, 0.3) is 0 Å². The molecule has 1 aromatic rings. The lowest BCUT2D eigenvalue weighted by atomic mass is 10.1. The highest BCUT2D eigenvalue weighted by Gasteiger charge is 2.25. The summed E-state index contributed by atoms with van der Waals surface area (Å²) in [6.07, 6.45) is 0.812. The second kappa shape index (κ2) is 6.21. The summed E-state index contributed by atoms with van der Waals surface area (Å²) in [6, 6.07) is 10.0. The lowest BCUT2D eigenvalue weighted by Crippen LogP contribution is -2.38. The van der Waals surface area contributed by atoms with Gasteiger partial charge in [0, 0.05) is 13.2 Å². The number of carbonyl (C=O) groups excluding carboxylic acids is 1. The Bertz CT molecular complexity index is 394. The van der Waals surface area contributed by atoms with Crippen LogP contribution < -0.4 is 0 Å². The highest BCUT2D eigenvalue weighted by Crippen LogP contribution is 2.22. The van der Waals surface area contributed by atoms with Gasteiger partial charge in [-0.05, 0) is 18.9 Å². The third-order valence-corrected chi connectivity index (χ3v) is 3.29. The molecule has 98 valence electrons. The van der Waals surface area contributed by atoms with Crippen LogP contribution >= 0.6 is 11.6 Å². The molecule has 0 N–H and O–H groups in total. The highest BCUT2D eigenvalue weighted by atomic mass is 35.5. The number of nitrogens with zero attached hydrogens (tertiary/aromatic N) is 1. The van der Waals surface area contributed by atoms with E-state index in [9.17, 15) is 4.79 Å². The lowest BCUT2D eigenvalue weighted by Gasteiger charge is -2.25. The molecule has 3 nitrogen and oxygen atoms in total. The van der Waals surface area contributed by atoms with Crippen LogP contribution in [0.5, 0.6) is 0 Å². The normalized spacial score (nSPS) is 22.3. The topological polar surface area (TPSA) is 29.5 Å². The number of hydrogen-bond donors (Lipinski definition) is 0. The molecule has 1 aromatic carbocycles. The van der Waals surface area contributed by atoms with E-state index < -0.39 is 5.38 Å². The molecule has 1 fully saturated rings. The fraction of sp³-hybridized carbons (Fsp3) is 0.500. The predicted molar refractivity (Wildman–Crippen MR) is 71.6 cm³/mol. The number of rotatable bonds is 2. The Morgan fingerprint density at radius 1 is 1.44 bits per heavy atom. The molecule has 1 amide bonds. The van der Waals surface area contributed by atoms with Gasteiger partial charge in [0.1, 0.15) is 11.5 Å².